The van der Waals surface area contributed by atoms with E-state index < -0.39 is 131 Å². The smallest absolute Gasteiger partial charge is 0.497 e. The van der Waals surface area contributed by atoms with Crippen molar-refractivity contribution in [3.63, 3.8) is 0 Å². The molecule has 11 atom stereocenters. The fraction of sp³-hybridized carbons (Fsp3) is 0.536. The maximum atomic E-state index is 14.8. The van der Waals surface area contributed by atoms with Crippen LogP contribution < -0.4 is 27.5 Å². The lowest BCUT2D eigenvalue weighted by atomic mass is 9.88. The van der Waals surface area contributed by atoms with Crippen molar-refractivity contribution in [1.29, 1.82) is 0 Å². The van der Waals surface area contributed by atoms with Gasteiger partial charge in [0.25, 0.3) is 23.6 Å². The molecule has 6 aromatic rings. The molecule has 0 unspecified atom stereocenters. The van der Waals surface area contributed by atoms with Crippen LogP contribution in [0.15, 0.2) is 85.1 Å². The number of aromatic nitrogens is 4. The van der Waals surface area contributed by atoms with Crippen LogP contribution in [0.2, 0.25) is 0 Å². The van der Waals surface area contributed by atoms with E-state index in [1.165, 1.54) is 64.3 Å². The highest BCUT2D eigenvalue weighted by Gasteiger charge is 2.47. The first kappa shape index (κ1) is 76.0. The molecule has 101 heavy (non-hydrogen) atoms. The number of hydrogen-bond acceptors (Lipinski definition) is 25. The summed E-state index contributed by atoms with van der Waals surface area (Å²) in [6.45, 7) is 16.4. The molecule has 2 aromatic heterocycles. The van der Waals surface area contributed by atoms with Gasteiger partial charge in [0.15, 0.2) is 17.2 Å². The summed E-state index contributed by atoms with van der Waals surface area (Å²) >= 11 is 6.65. The van der Waals surface area contributed by atoms with Crippen LogP contribution in [0.4, 0.5) is 5.69 Å². The monoisotopic (exact) mass is 1450 g/mol. The van der Waals surface area contributed by atoms with Gasteiger partial charge < -0.3 is 97.2 Å². The van der Waals surface area contributed by atoms with Crippen molar-refractivity contribution < 1.29 is 110 Å². The average Bonchev–Trinajstić information content (AvgIpc) is 1.62. The Bertz CT molecular complexity index is 4140. The molecule has 9 N–H and O–H groups in total. The first-order chi connectivity index (χ1) is 47.5. The number of aliphatic hydroxyl groups is 8. The number of hydrogen-bond donors (Lipinski definition) is 9. The molecule has 4 amide bonds. The van der Waals surface area contributed by atoms with Crippen molar-refractivity contribution in [2.24, 2.45) is 21.7 Å². The van der Waals surface area contributed by atoms with E-state index in [4.69, 9.17) is 53.1 Å². The Kier molecular flexibility index (Phi) is 22.9. The Labute approximate surface area is 588 Å². The number of fused-ring (bicyclic) bond motifs is 4. The predicted octanol–water partition coefficient (Wildman–Crippen LogP) is 3.34. The number of aliphatic hydroxyl groups excluding tert-OH is 8. The molecule has 0 saturated carbocycles. The Morgan fingerprint density at radius 1 is 0.683 bits per heavy atom. The first-order valence-electron chi connectivity index (χ1n) is 32.7. The quantitative estimate of drug-likeness (QED) is 0.0231. The number of methoxy groups -OCH3 is 1. The second-order valence-electron chi connectivity index (χ2n) is 29.3. The summed E-state index contributed by atoms with van der Waals surface area (Å²) in [7, 11) is -2.39. The number of carbonyl (C=O) groups excluding carboxylic acids is 4. The van der Waals surface area contributed by atoms with E-state index >= 15 is 0 Å². The summed E-state index contributed by atoms with van der Waals surface area (Å²) in [5, 5.41) is 93.1. The SMILES string of the molecule is COc1ccc2c(OS(=O)(=O)Oc3cc(C(=O)N(C)CC(C)(C)COCC(C)(C)Cn4cc(CC(C)(C)COCC(C)(C)CN5C(=O)C=CC5=O)nn4)ccc3O[C@@H]3O[C@H](CO)[C@H](O)[C@H](O)[C@H]3O)cc3c(c2c1)[C@H](CCl)CN3C(=O)c1cc2cc(O[C@@H]3O[C@H](CO)[C@H](O)[C@H](O)[C@H]3O)ccc2[nH]1. The van der Waals surface area contributed by atoms with Gasteiger partial charge in [-0.25, -0.2) is 0 Å². The van der Waals surface area contributed by atoms with E-state index in [9.17, 15) is 68.4 Å². The maximum absolute atomic E-state index is 14.8. The van der Waals surface area contributed by atoms with Gasteiger partial charge in [-0.05, 0) is 77.0 Å². The van der Waals surface area contributed by atoms with Crippen LogP contribution in [0, 0.1) is 21.7 Å². The molecular formula is C69H88ClN7O23S. The molecule has 550 valence electrons. The normalized spacial score (nSPS) is 23.6. The van der Waals surface area contributed by atoms with Crippen LogP contribution in [-0.4, -0.2) is 243 Å². The lowest BCUT2D eigenvalue weighted by Crippen LogP contribution is -2.60. The third-order valence-corrected chi connectivity index (χ3v) is 18.9. The summed E-state index contributed by atoms with van der Waals surface area (Å²) < 4.78 is 83.5. The average molecular weight is 1450 g/mol. The molecule has 4 aromatic carbocycles. The van der Waals surface area contributed by atoms with Crippen LogP contribution in [0.3, 0.4) is 0 Å². The highest BCUT2D eigenvalue weighted by molar-refractivity contribution is 7.82. The van der Waals surface area contributed by atoms with Gasteiger partial charge in [0.1, 0.15) is 66.0 Å². The lowest BCUT2D eigenvalue weighted by molar-refractivity contribution is -0.277. The number of ether oxygens (including phenoxy) is 7. The molecule has 0 radical (unpaired) electrons. The lowest BCUT2D eigenvalue weighted by Gasteiger charge is -2.39. The van der Waals surface area contributed by atoms with Gasteiger partial charge in [-0.2, -0.15) is 0 Å². The van der Waals surface area contributed by atoms with E-state index in [-0.39, 0.29) is 83.2 Å². The molecule has 6 heterocycles. The maximum Gasteiger partial charge on any atom is 0.501 e. The van der Waals surface area contributed by atoms with Crippen LogP contribution in [0.1, 0.15) is 93.4 Å². The molecule has 4 aliphatic heterocycles. The highest BCUT2D eigenvalue weighted by Crippen LogP contribution is 2.48. The van der Waals surface area contributed by atoms with E-state index in [2.05, 4.69) is 29.1 Å². The van der Waals surface area contributed by atoms with Crippen LogP contribution in [-0.2, 0) is 51.9 Å². The van der Waals surface area contributed by atoms with Crippen molar-refractivity contribution in [2.75, 3.05) is 84.2 Å². The zero-order chi connectivity index (χ0) is 73.4. The number of aromatic amines is 1. The van der Waals surface area contributed by atoms with Gasteiger partial charge in [0, 0.05) is 114 Å². The number of imide groups is 1. The molecule has 0 spiro atoms. The van der Waals surface area contributed by atoms with E-state index in [0.717, 1.165) is 17.8 Å². The van der Waals surface area contributed by atoms with Crippen molar-refractivity contribution >= 4 is 73.0 Å². The largest absolute Gasteiger partial charge is 0.501 e. The summed E-state index contributed by atoms with van der Waals surface area (Å²) in [6, 6.07) is 15.7. The Morgan fingerprint density at radius 3 is 1.90 bits per heavy atom. The molecule has 30 nitrogen and oxygen atoms in total. The minimum Gasteiger partial charge on any atom is -0.497 e. The summed E-state index contributed by atoms with van der Waals surface area (Å²) in [5.41, 5.74) is 0.0313. The number of nitrogens with zero attached hydrogens (tertiary/aromatic N) is 6. The van der Waals surface area contributed by atoms with Gasteiger partial charge in [-0.3, -0.25) is 28.8 Å². The summed E-state index contributed by atoms with van der Waals surface area (Å²) in [6.07, 6.45) is -11.6. The minimum atomic E-state index is -5.36. The molecular weight excluding hydrogens is 1360 g/mol. The molecule has 2 saturated heterocycles. The van der Waals surface area contributed by atoms with Crippen LogP contribution in [0.5, 0.6) is 28.7 Å². The standard InChI is InChI=1S/C69H88ClN7O23S/c1-66(2,33-93-36-69(7,8)32-77-53(80)17-18-54(77)81)24-40-27-75(73-72-40)31-68(5,6)35-94-34-67(3,4)30-74(9)62(88)37-11-16-48(96-65-61(87)59(85)57(83)52(29-79)98-65)50(21-37)100-101(90,91)99-49-23-47-55(44-22-41(92-10)12-14-43(44)49)39(25-70)26-76(47)63(89)46-20-38-19-42(13-15-45(38)71-46)95-64-60(86)58(84)56(82)51(28-78)97-64/h11-23,27,39,51-52,56-61,64-65,71,78-79,82-87H,24-26,28-36H2,1-10H3/t39-,51-,52-,56+,57+,58+,59+,60-,61-,64-,65-/m1/s1. The van der Waals surface area contributed by atoms with E-state index in [0.29, 0.717) is 60.4 Å². The number of halogens is 1. The number of amides is 4. The third kappa shape index (κ3) is 17.6. The predicted molar refractivity (Wildman–Crippen MR) is 363 cm³/mol. The van der Waals surface area contributed by atoms with Gasteiger partial charge in [-0.15, -0.1) is 25.1 Å². The Balaban J connectivity index is 0.833. The number of H-pyrrole nitrogens is 1. The van der Waals surface area contributed by atoms with E-state index in [1.807, 2.05) is 47.7 Å². The topological polar surface area (TPSA) is 404 Å². The van der Waals surface area contributed by atoms with E-state index in [1.54, 1.807) is 36.0 Å². The van der Waals surface area contributed by atoms with Crippen molar-refractivity contribution in [3.05, 3.63) is 108 Å². The molecule has 0 aliphatic carbocycles. The van der Waals surface area contributed by atoms with Crippen LogP contribution in [0.25, 0.3) is 21.7 Å². The number of carbonyl (C=O) groups is 4. The highest BCUT2D eigenvalue weighted by atomic mass is 35.5. The Morgan fingerprint density at radius 2 is 1.28 bits per heavy atom. The fourth-order valence-corrected chi connectivity index (χ4v) is 13.8. The summed E-state index contributed by atoms with van der Waals surface area (Å²) in [5.74, 6) is -3.36. The molecule has 32 heteroatoms. The fourth-order valence-electron chi connectivity index (χ4n) is 12.8. The van der Waals surface area contributed by atoms with Crippen LogP contribution >= 0.6 is 11.6 Å². The number of anilines is 1. The number of nitrogens with one attached hydrogen (secondary N) is 1. The zero-order valence-corrected chi connectivity index (χ0v) is 59.2. The zero-order valence-electron chi connectivity index (χ0n) is 57.6. The second kappa shape index (κ2) is 30.4. The number of benzene rings is 4. The first-order valence-corrected chi connectivity index (χ1v) is 34.6. The third-order valence-electron chi connectivity index (χ3n) is 17.8. The molecule has 0 bridgehead atoms. The molecule has 4 aliphatic rings. The van der Waals surface area contributed by atoms with Gasteiger partial charge >= 0.3 is 10.4 Å². The van der Waals surface area contributed by atoms with Gasteiger partial charge in [0.2, 0.25) is 12.6 Å². The Hall–Kier alpha value is -7.60. The van der Waals surface area contributed by atoms with Gasteiger partial charge in [-0.1, -0.05) is 60.6 Å². The number of alkyl halides is 1. The van der Waals surface area contributed by atoms with Crippen molar-refractivity contribution in [3.8, 4) is 28.7 Å². The van der Waals surface area contributed by atoms with Crippen molar-refractivity contribution in [1.82, 2.24) is 29.8 Å². The second-order valence-corrected chi connectivity index (χ2v) is 30.7. The van der Waals surface area contributed by atoms with Gasteiger partial charge in [0.05, 0.1) is 58.1 Å². The van der Waals surface area contributed by atoms with Crippen molar-refractivity contribution in [2.45, 2.75) is 136 Å². The molecule has 2 fully saturated rings. The molecule has 10 rings (SSSR count). The minimum absolute atomic E-state index is 0.00572. The summed E-state index contributed by atoms with van der Waals surface area (Å²) in [4.78, 5) is 60.7. The number of rotatable bonds is 30.